The van der Waals surface area contributed by atoms with Gasteiger partial charge in [0.2, 0.25) is 11.8 Å². The molecule has 123 heavy (non-hydrogen) atoms. The molecule has 0 aliphatic heterocycles. The van der Waals surface area contributed by atoms with Crippen LogP contribution in [0.15, 0.2) is 288 Å². The molecule has 0 atom stereocenters. The van der Waals surface area contributed by atoms with Crippen molar-refractivity contribution in [3.8, 4) is 47.1 Å². The summed E-state index contributed by atoms with van der Waals surface area (Å²) in [7, 11) is 3.76. The molecule has 0 saturated carbocycles. The lowest BCUT2D eigenvalue weighted by atomic mass is 10.1. The summed E-state index contributed by atoms with van der Waals surface area (Å²) < 4.78 is 67.7. The summed E-state index contributed by atoms with van der Waals surface area (Å²) in [5, 5.41) is 13.6. The maximum atomic E-state index is 13.8. The molecule has 5 amide bonds. The molecule has 0 aliphatic rings. The average Bonchev–Trinajstić information content (AvgIpc) is 0.862. The standard InChI is InChI=1S/C19H15N5O.C18H13F3N4O2.C18H17N5O.C17H13FN4O2.C16H13N5O2/c1-3-14-5-4-6-15(7-14)19(25)23-16-8-17(10-20-9-16)24(2)18-11-21-13-22-12-18;1-11-3-2-4-12(7-11)17(26)25-15-9-22-10-16(24-15)27-13-5-6-14(23-8-13)18(19,20)21;1-13-4-3-5-14(6-13)18(24)22-15-7-16(9-19-8-15)23(2)17-10-20-12-21-11-17;1-11-2-3-16(18)15(4-11)17(23)22-12-5-13(7-19-6-12)24-14-8-20-10-21-9-14;1-11-4-2-5-13(19-11)16(22)21-14-6-3-7-15(20-14)23-12-8-17-10-18-9-12/h1,4-13H,2H3,(H,23,25);2-10H,1H3,(H,24,25,26);3-12H,1-2H3,(H,22,24);2-10H,1H3,(H,22,23);2-10H,1H3,(H,20,21,22). The van der Waals surface area contributed by atoms with Gasteiger partial charge in [-0.25, -0.2) is 54.2 Å². The smallest absolute Gasteiger partial charge is 0.433 e. The summed E-state index contributed by atoms with van der Waals surface area (Å²) in [6.07, 6.45) is 32.5. The van der Waals surface area contributed by atoms with Gasteiger partial charge in [0.25, 0.3) is 29.5 Å². The minimum absolute atomic E-state index is 0.00130. The molecule has 0 saturated heterocycles. The number of terminal acetylenes is 1. The van der Waals surface area contributed by atoms with Crippen LogP contribution in [0.1, 0.15) is 85.6 Å². The van der Waals surface area contributed by atoms with E-state index in [0.717, 1.165) is 63.5 Å². The Morgan fingerprint density at radius 2 is 0.837 bits per heavy atom. The molecular formula is C88H71F4N23O8. The minimum Gasteiger partial charge on any atom is -0.452 e. The van der Waals surface area contributed by atoms with Crippen LogP contribution in [-0.2, 0) is 6.18 Å². The van der Waals surface area contributed by atoms with Crippen LogP contribution in [0, 0.1) is 45.9 Å². The number of rotatable bonds is 20. The van der Waals surface area contributed by atoms with Crippen molar-refractivity contribution in [1.29, 1.82) is 0 Å². The summed E-state index contributed by atoms with van der Waals surface area (Å²) in [5.74, 6) is 2.44. The number of hydrogen-bond donors (Lipinski definition) is 5. The first-order chi connectivity index (χ1) is 59.4. The summed E-state index contributed by atoms with van der Waals surface area (Å²) in [6.45, 7) is 7.43. The van der Waals surface area contributed by atoms with Crippen LogP contribution < -0.4 is 50.6 Å². The van der Waals surface area contributed by atoms with Crippen LogP contribution in [0.4, 0.5) is 69.0 Å². The van der Waals surface area contributed by atoms with Gasteiger partial charge in [0.1, 0.15) is 59.8 Å². The number of nitrogens with zero attached hydrogens (tertiary/aromatic N) is 18. The van der Waals surface area contributed by atoms with E-state index in [1.165, 1.54) is 87.0 Å². The molecule has 614 valence electrons. The van der Waals surface area contributed by atoms with Crippen LogP contribution in [-0.4, -0.2) is 123 Å². The Bertz CT molecular complexity index is 6180. The number of benzene rings is 4. The van der Waals surface area contributed by atoms with E-state index >= 15 is 0 Å². The highest BCUT2D eigenvalue weighted by molar-refractivity contribution is 6.07. The van der Waals surface area contributed by atoms with Gasteiger partial charge in [-0.15, -0.1) is 6.42 Å². The minimum atomic E-state index is -4.53. The van der Waals surface area contributed by atoms with E-state index in [9.17, 15) is 41.5 Å². The third kappa shape index (κ3) is 26.7. The van der Waals surface area contributed by atoms with Crippen LogP contribution in [0.2, 0.25) is 0 Å². The van der Waals surface area contributed by atoms with Gasteiger partial charge in [-0.3, -0.25) is 43.9 Å². The van der Waals surface area contributed by atoms with E-state index in [1.54, 1.807) is 147 Å². The number of carbonyl (C=O) groups is 5. The number of alkyl halides is 3. The average molecular weight is 1650 g/mol. The second-order valence-electron chi connectivity index (χ2n) is 25.9. The highest BCUT2D eigenvalue weighted by atomic mass is 19.4. The van der Waals surface area contributed by atoms with E-state index < -0.39 is 23.6 Å². The molecule has 11 aromatic heterocycles. The Balaban J connectivity index is 0.000000150. The summed E-state index contributed by atoms with van der Waals surface area (Å²) >= 11 is 0. The van der Waals surface area contributed by atoms with Gasteiger partial charge in [0, 0.05) is 54.2 Å². The van der Waals surface area contributed by atoms with Crippen molar-refractivity contribution >= 4 is 81.0 Å². The second-order valence-corrected chi connectivity index (χ2v) is 25.9. The summed E-state index contributed by atoms with van der Waals surface area (Å²) in [4.78, 5) is 129. The lowest BCUT2D eigenvalue weighted by Crippen LogP contribution is -2.14. The first-order valence-corrected chi connectivity index (χ1v) is 36.6. The Morgan fingerprint density at radius 1 is 0.374 bits per heavy atom. The molecule has 0 radical (unpaired) electrons. The third-order valence-electron chi connectivity index (χ3n) is 16.5. The fourth-order valence-corrected chi connectivity index (χ4v) is 10.6. The fraction of sp³-hybridized carbons (Fsp3) is 0.0795. The molecule has 0 fully saturated rings. The Labute approximate surface area is 700 Å². The van der Waals surface area contributed by atoms with Crippen LogP contribution in [0.5, 0.6) is 34.8 Å². The van der Waals surface area contributed by atoms with Gasteiger partial charge in [-0.1, -0.05) is 71.1 Å². The van der Waals surface area contributed by atoms with Crippen molar-refractivity contribution in [2.24, 2.45) is 0 Å². The van der Waals surface area contributed by atoms with Gasteiger partial charge < -0.3 is 50.6 Å². The van der Waals surface area contributed by atoms with E-state index in [1.807, 2.05) is 87.1 Å². The van der Waals surface area contributed by atoms with E-state index in [0.29, 0.717) is 74.0 Å². The van der Waals surface area contributed by atoms with Gasteiger partial charge >= 0.3 is 6.18 Å². The number of aromatic nitrogens is 16. The van der Waals surface area contributed by atoms with E-state index in [2.05, 4.69) is 112 Å². The van der Waals surface area contributed by atoms with Crippen LogP contribution >= 0.6 is 0 Å². The van der Waals surface area contributed by atoms with Crippen molar-refractivity contribution in [3.63, 3.8) is 0 Å². The van der Waals surface area contributed by atoms with Crippen molar-refractivity contribution < 1.29 is 55.7 Å². The number of nitrogens with one attached hydrogen (secondary N) is 5. The lowest BCUT2D eigenvalue weighted by molar-refractivity contribution is -0.141. The maximum absolute atomic E-state index is 13.8. The van der Waals surface area contributed by atoms with Crippen molar-refractivity contribution in [1.82, 2.24) is 79.7 Å². The molecule has 4 aromatic carbocycles. The van der Waals surface area contributed by atoms with Crippen molar-refractivity contribution in [2.45, 2.75) is 33.9 Å². The molecule has 0 aliphatic carbocycles. The number of anilines is 9. The molecule has 5 N–H and O–H groups in total. The highest BCUT2D eigenvalue weighted by Gasteiger charge is 2.32. The van der Waals surface area contributed by atoms with Gasteiger partial charge in [0.15, 0.2) is 17.3 Å². The first kappa shape index (κ1) is 86.7. The summed E-state index contributed by atoms with van der Waals surface area (Å²) in [5.41, 5.74) is 9.89. The number of halogens is 4. The zero-order chi connectivity index (χ0) is 87.0. The van der Waals surface area contributed by atoms with Gasteiger partial charge in [0.05, 0.1) is 151 Å². The van der Waals surface area contributed by atoms with Crippen LogP contribution in [0.25, 0.3) is 0 Å². The van der Waals surface area contributed by atoms with Crippen LogP contribution in [0.3, 0.4) is 0 Å². The Kier molecular flexibility index (Phi) is 30.0. The predicted octanol–water partition coefficient (Wildman–Crippen LogP) is 16.3. The zero-order valence-electron chi connectivity index (χ0n) is 66.0. The molecule has 35 heteroatoms. The monoisotopic (exact) mass is 1650 g/mol. The first-order valence-electron chi connectivity index (χ1n) is 36.6. The number of amides is 5. The normalized spacial score (nSPS) is 10.3. The Morgan fingerprint density at radius 3 is 1.39 bits per heavy atom. The van der Waals surface area contributed by atoms with E-state index in [-0.39, 0.29) is 46.6 Å². The lowest BCUT2D eigenvalue weighted by Gasteiger charge is -2.18. The van der Waals surface area contributed by atoms with Crippen molar-refractivity contribution in [2.75, 3.05) is 50.5 Å². The van der Waals surface area contributed by atoms with Crippen molar-refractivity contribution in [3.05, 3.63) is 356 Å². The highest BCUT2D eigenvalue weighted by Crippen LogP contribution is 2.31. The predicted molar refractivity (Wildman–Crippen MR) is 449 cm³/mol. The SMILES string of the molecule is C#Cc1cccc(C(=O)Nc2cncc(N(C)c3cncnc3)c2)c1.Cc1ccc(F)c(C(=O)Nc2cncc(Oc3cncnc3)c2)c1.Cc1cccc(C(=O)Nc2cccc(Oc3cncnc3)n2)n1.Cc1cccc(C(=O)Nc2cncc(N(C)c3cncnc3)c2)c1.Cc1cccc(C(=O)Nc2cncc(Oc3ccc(C(F)(F)F)nc3)n2)c1. The molecule has 15 rings (SSSR count). The largest absolute Gasteiger partial charge is 0.452 e. The van der Waals surface area contributed by atoms with Gasteiger partial charge in [-0.05, 0) is 125 Å². The molecule has 15 aromatic rings. The topological polar surface area (TPSA) is 386 Å². The molecule has 11 heterocycles. The quantitative estimate of drug-likeness (QED) is 0.0349. The number of carbonyl (C=O) groups excluding carboxylic acids is 5. The molecule has 0 unspecified atom stereocenters. The number of aryl methyl sites for hydroxylation is 4. The van der Waals surface area contributed by atoms with Gasteiger partial charge in [-0.2, -0.15) is 23.1 Å². The number of hydrogen-bond acceptors (Lipinski definition) is 26. The molecular weight excluding hydrogens is 1580 g/mol. The molecule has 0 spiro atoms. The zero-order valence-corrected chi connectivity index (χ0v) is 66.0. The second kappa shape index (κ2) is 42.6. The molecule has 31 nitrogen and oxygen atoms in total. The molecule has 0 bridgehead atoms. The summed E-state index contributed by atoms with van der Waals surface area (Å²) in [6, 6.07) is 43.2. The fourth-order valence-electron chi connectivity index (χ4n) is 10.6. The number of pyridine rings is 6. The number of ether oxygens (including phenoxy) is 3. The van der Waals surface area contributed by atoms with E-state index in [4.69, 9.17) is 20.6 Å². The third-order valence-corrected chi connectivity index (χ3v) is 16.5. The Hall–Kier alpha value is -17.2. The maximum Gasteiger partial charge on any atom is 0.433 e.